The highest BCUT2D eigenvalue weighted by Gasteiger charge is 1.99. The molecule has 0 spiro atoms. The molecule has 0 unspecified atom stereocenters. The van der Waals surface area contributed by atoms with Crippen molar-refractivity contribution in [2.45, 2.75) is 19.9 Å². The Kier molecular flexibility index (Phi) is 5.11. The molecule has 0 atom stereocenters. The highest BCUT2D eigenvalue weighted by molar-refractivity contribution is 5.73. The van der Waals surface area contributed by atoms with Crippen molar-refractivity contribution >= 4 is 6.03 Å². The second kappa shape index (κ2) is 6.66. The van der Waals surface area contributed by atoms with Crippen LogP contribution in [0.2, 0.25) is 0 Å². The standard InChI is InChI=1S/C11H17N3O2/c1-3-6-12-11(15)14-8-9-4-5-10(16-2)13-7-9/h4-5,7H,3,6,8H2,1-2H3,(H2,12,14,15). The fourth-order valence-corrected chi connectivity index (χ4v) is 1.12. The number of carbonyl (C=O) groups excluding carboxylic acids is 1. The summed E-state index contributed by atoms with van der Waals surface area (Å²) in [4.78, 5) is 15.3. The predicted octanol–water partition coefficient (Wildman–Crippen LogP) is 1.30. The number of nitrogens with one attached hydrogen (secondary N) is 2. The van der Waals surface area contributed by atoms with Crippen molar-refractivity contribution in [3.63, 3.8) is 0 Å². The first-order chi connectivity index (χ1) is 7.76. The average Bonchev–Trinajstić information content (AvgIpc) is 2.34. The number of aromatic nitrogens is 1. The van der Waals surface area contributed by atoms with Gasteiger partial charge >= 0.3 is 6.03 Å². The zero-order valence-electron chi connectivity index (χ0n) is 9.62. The van der Waals surface area contributed by atoms with Crippen LogP contribution in [0.15, 0.2) is 18.3 Å². The van der Waals surface area contributed by atoms with E-state index in [1.165, 1.54) is 0 Å². The van der Waals surface area contributed by atoms with Crippen molar-refractivity contribution in [2.24, 2.45) is 0 Å². The maximum atomic E-state index is 11.2. The fraction of sp³-hybridized carbons (Fsp3) is 0.455. The van der Waals surface area contributed by atoms with Gasteiger partial charge in [0.25, 0.3) is 0 Å². The average molecular weight is 223 g/mol. The number of ether oxygens (including phenoxy) is 1. The third kappa shape index (κ3) is 4.16. The molecule has 2 amide bonds. The molecule has 0 saturated carbocycles. The zero-order chi connectivity index (χ0) is 11.8. The van der Waals surface area contributed by atoms with E-state index in [1.54, 1.807) is 19.4 Å². The Morgan fingerprint density at radius 1 is 1.44 bits per heavy atom. The monoisotopic (exact) mass is 223 g/mol. The van der Waals surface area contributed by atoms with Crippen molar-refractivity contribution < 1.29 is 9.53 Å². The Bertz CT molecular complexity index is 325. The number of nitrogens with zero attached hydrogens (tertiary/aromatic N) is 1. The molecule has 1 aromatic rings. The lowest BCUT2D eigenvalue weighted by atomic mass is 10.3. The summed E-state index contributed by atoms with van der Waals surface area (Å²) >= 11 is 0. The smallest absolute Gasteiger partial charge is 0.315 e. The summed E-state index contributed by atoms with van der Waals surface area (Å²) in [5.74, 6) is 0.569. The second-order valence-corrected chi connectivity index (χ2v) is 3.32. The highest BCUT2D eigenvalue weighted by atomic mass is 16.5. The van der Waals surface area contributed by atoms with Gasteiger partial charge in [-0.3, -0.25) is 0 Å². The first kappa shape index (κ1) is 12.3. The number of hydrogen-bond acceptors (Lipinski definition) is 3. The van der Waals surface area contributed by atoms with Crippen molar-refractivity contribution in [3.8, 4) is 5.88 Å². The number of carbonyl (C=O) groups is 1. The number of amides is 2. The lowest BCUT2D eigenvalue weighted by Crippen LogP contribution is -2.35. The summed E-state index contributed by atoms with van der Waals surface area (Å²) in [5, 5.41) is 5.47. The van der Waals surface area contributed by atoms with E-state index in [2.05, 4.69) is 15.6 Å². The summed E-state index contributed by atoms with van der Waals surface area (Å²) in [6.45, 7) is 3.16. The normalized spacial score (nSPS) is 9.62. The number of methoxy groups -OCH3 is 1. The molecule has 88 valence electrons. The Morgan fingerprint density at radius 3 is 2.81 bits per heavy atom. The van der Waals surface area contributed by atoms with Crippen molar-refractivity contribution in [3.05, 3.63) is 23.9 Å². The Hall–Kier alpha value is -1.78. The first-order valence-electron chi connectivity index (χ1n) is 5.27. The van der Waals surface area contributed by atoms with E-state index in [-0.39, 0.29) is 6.03 Å². The summed E-state index contributed by atoms with van der Waals surface area (Å²) < 4.78 is 4.94. The fourth-order valence-electron chi connectivity index (χ4n) is 1.12. The van der Waals surface area contributed by atoms with Crippen LogP contribution in [0, 0.1) is 0 Å². The molecule has 0 fully saturated rings. The SMILES string of the molecule is CCCNC(=O)NCc1ccc(OC)nc1. The zero-order valence-corrected chi connectivity index (χ0v) is 9.62. The van der Waals surface area contributed by atoms with Crippen molar-refractivity contribution in [1.29, 1.82) is 0 Å². The molecule has 1 heterocycles. The maximum absolute atomic E-state index is 11.2. The van der Waals surface area contributed by atoms with Crippen LogP contribution < -0.4 is 15.4 Å². The van der Waals surface area contributed by atoms with Crippen LogP contribution in [-0.4, -0.2) is 24.7 Å². The Balaban J connectivity index is 2.33. The summed E-state index contributed by atoms with van der Waals surface area (Å²) in [5.41, 5.74) is 0.937. The molecule has 5 nitrogen and oxygen atoms in total. The molecule has 1 rings (SSSR count). The van der Waals surface area contributed by atoms with Crippen molar-refractivity contribution in [2.75, 3.05) is 13.7 Å². The molecule has 1 aromatic heterocycles. The van der Waals surface area contributed by atoms with Gasteiger partial charge in [-0.1, -0.05) is 13.0 Å². The van der Waals surface area contributed by atoms with Gasteiger partial charge in [-0.25, -0.2) is 9.78 Å². The van der Waals surface area contributed by atoms with Gasteiger partial charge in [0.1, 0.15) is 0 Å². The first-order valence-corrected chi connectivity index (χ1v) is 5.27. The van der Waals surface area contributed by atoms with E-state index in [0.29, 0.717) is 19.0 Å². The van der Waals surface area contributed by atoms with Crippen LogP contribution in [0.3, 0.4) is 0 Å². The molecule has 0 aromatic carbocycles. The van der Waals surface area contributed by atoms with Gasteiger partial charge in [-0.2, -0.15) is 0 Å². The molecular weight excluding hydrogens is 206 g/mol. The van der Waals surface area contributed by atoms with Gasteiger partial charge in [-0.05, 0) is 12.0 Å². The van der Waals surface area contributed by atoms with E-state index in [9.17, 15) is 4.79 Å². The Morgan fingerprint density at radius 2 is 2.25 bits per heavy atom. The largest absolute Gasteiger partial charge is 0.481 e. The number of urea groups is 1. The summed E-state index contributed by atoms with van der Waals surface area (Å²) in [6.07, 6.45) is 2.61. The van der Waals surface area contributed by atoms with Crippen LogP contribution in [0.5, 0.6) is 5.88 Å². The molecule has 0 bridgehead atoms. The Labute approximate surface area is 95.2 Å². The van der Waals surface area contributed by atoms with Crippen LogP contribution in [0.25, 0.3) is 0 Å². The van der Waals surface area contributed by atoms with Gasteiger partial charge in [0, 0.05) is 25.4 Å². The molecule has 0 aliphatic heterocycles. The van der Waals surface area contributed by atoms with E-state index >= 15 is 0 Å². The van der Waals surface area contributed by atoms with Gasteiger partial charge in [0.05, 0.1) is 7.11 Å². The molecule has 0 aliphatic rings. The van der Waals surface area contributed by atoms with Crippen LogP contribution in [0.1, 0.15) is 18.9 Å². The van der Waals surface area contributed by atoms with Crippen LogP contribution in [-0.2, 0) is 6.54 Å². The summed E-state index contributed by atoms with van der Waals surface area (Å²) in [7, 11) is 1.57. The van der Waals surface area contributed by atoms with E-state index in [0.717, 1.165) is 12.0 Å². The minimum absolute atomic E-state index is 0.155. The number of rotatable bonds is 5. The van der Waals surface area contributed by atoms with Crippen LogP contribution >= 0.6 is 0 Å². The van der Waals surface area contributed by atoms with Gasteiger partial charge in [0.15, 0.2) is 0 Å². The maximum Gasteiger partial charge on any atom is 0.315 e. The minimum atomic E-state index is -0.155. The lowest BCUT2D eigenvalue weighted by Gasteiger charge is -2.06. The lowest BCUT2D eigenvalue weighted by molar-refractivity contribution is 0.240. The van der Waals surface area contributed by atoms with E-state index < -0.39 is 0 Å². The third-order valence-electron chi connectivity index (χ3n) is 2.00. The van der Waals surface area contributed by atoms with Gasteiger partial charge < -0.3 is 15.4 Å². The number of hydrogen-bond donors (Lipinski definition) is 2. The van der Waals surface area contributed by atoms with Gasteiger partial charge in [0.2, 0.25) is 5.88 Å². The molecule has 16 heavy (non-hydrogen) atoms. The minimum Gasteiger partial charge on any atom is -0.481 e. The predicted molar refractivity (Wildman–Crippen MR) is 61.3 cm³/mol. The van der Waals surface area contributed by atoms with Gasteiger partial charge in [-0.15, -0.1) is 0 Å². The quantitative estimate of drug-likeness (QED) is 0.790. The van der Waals surface area contributed by atoms with Crippen LogP contribution in [0.4, 0.5) is 4.79 Å². The molecule has 5 heteroatoms. The highest BCUT2D eigenvalue weighted by Crippen LogP contribution is 2.05. The molecular formula is C11H17N3O2. The summed E-state index contributed by atoms with van der Waals surface area (Å²) in [6, 6.07) is 3.48. The van der Waals surface area contributed by atoms with E-state index in [4.69, 9.17) is 4.74 Å². The molecule has 0 aliphatic carbocycles. The molecule has 2 N–H and O–H groups in total. The number of pyridine rings is 1. The van der Waals surface area contributed by atoms with E-state index in [1.807, 2.05) is 13.0 Å². The molecule has 0 radical (unpaired) electrons. The second-order valence-electron chi connectivity index (χ2n) is 3.32. The molecule has 0 saturated heterocycles. The van der Waals surface area contributed by atoms with Crippen molar-refractivity contribution in [1.82, 2.24) is 15.6 Å². The third-order valence-corrected chi connectivity index (χ3v) is 2.00. The topological polar surface area (TPSA) is 63.2 Å².